The van der Waals surface area contributed by atoms with Gasteiger partial charge in [-0.3, -0.25) is 4.79 Å². The predicted octanol–water partition coefficient (Wildman–Crippen LogP) is 2.63. The zero-order valence-electron chi connectivity index (χ0n) is 13.6. The first-order chi connectivity index (χ1) is 11.6. The Labute approximate surface area is 140 Å². The van der Waals surface area contributed by atoms with Crippen LogP contribution in [-0.2, 0) is 11.3 Å². The van der Waals surface area contributed by atoms with Crippen molar-refractivity contribution in [3.8, 4) is 0 Å². The molecule has 4 heteroatoms. The van der Waals surface area contributed by atoms with E-state index in [-0.39, 0.29) is 11.7 Å². The number of benzene rings is 3. The summed E-state index contributed by atoms with van der Waals surface area (Å²) in [5, 5.41) is 5.21. The number of nitrogens with one attached hydrogen (secondary N) is 2. The van der Waals surface area contributed by atoms with Crippen molar-refractivity contribution in [2.24, 2.45) is 0 Å². The van der Waals surface area contributed by atoms with E-state index in [0.29, 0.717) is 12.2 Å². The Hall–Kier alpha value is -2.72. The van der Waals surface area contributed by atoms with Crippen LogP contribution in [0.25, 0.3) is 10.8 Å². The Morgan fingerprint density at radius 3 is 2.46 bits per heavy atom. The summed E-state index contributed by atoms with van der Waals surface area (Å²) in [5.41, 5.74) is 1.81. The van der Waals surface area contributed by atoms with Gasteiger partial charge in [0.05, 0.1) is 7.05 Å². The first-order valence-electron chi connectivity index (χ1n) is 7.94. The van der Waals surface area contributed by atoms with E-state index in [1.165, 1.54) is 28.5 Å². The molecule has 0 spiro atoms. The molecule has 0 radical (unpaired) electrons. The van der Waals surface area contributed by atoms with Gasteiger partial charge in [-0.15, -0.1) is 0 Å². The highest BCUT2D eigenvalue weighted by molar-refractivity contribution is 5.91. The van der Waals surface area contributed by atoms with E-state index in [1.54, 1.807) is 12.1 Å². The van der Waals surface area contributed by atoms with Crippen LogP contribution in [0.15, 0.2) is 66.7 Å². The van der Waals surface area contributed by atoms with Gasteiger partial charge in [-0.2, -0.15) is 0 Å². The fraction of sp³-hybridized carbons (Fsp3) is 0.150. The summed E-state index contributed by atoms with van der Waals surface area (Å²) in [7, 11) is 1.99. The maximum Gasteiger partial charge on any atom is 0.279 e. The number of quaternary nitrogens is 1. The minimum Gasteiger partial charge on any atom is -0.326 e. The zero-order chi connectivity index (χ0) is 16.9. The fourth-order valence-corrected chi connectivity index (χ4v) is 2.77. The quantitative estimate of drug-likeness (QED) is 0.743. The molecule has 1 unspecified atom stereocenters. The molecule has 3 aromatic carbocycles. The molecule has 122 valence electrons. The molecule has 0 heterocycles. The maximum absolute atomic E-state index is 12.9. The Morgan fingerprint density at radius 1 is 1.00 bits per heavy atom. The fourth-order valence-electron chi connectivity index (χ4n) is 2.77. The summed E-state index contributed by atoms with van der Waals surface area (Å²) in [6.07, 6.45) is 0. The van der Waals surface area contributed by atoms with E-state index < -0.39 is 0 Å². The second kappa shape index (κ2) is 7.23. The predicted molar refractivity (Wildman–Crippen MR) is 94.4 cm³/mol. The zero-order valence-corrected chi connectivity index (χ0v) is 13.6. The van der Waals surface area contributed by atoms with Gasteiger partial charge in [0.2, 0.25) is 0 Å². The number of fused-ring (bicyclic) bond motifs is 1. The van der Waals surface area contributed by atoms with Crippen LogP contribution in [0.2, 0.25) is 0 Å². The van der Waals surface area contributed by atoms with Crippen molar-refractivity contribution >= 4 is 22.4 Å². The summed E-state index contributed by atoms with van der Waals surface area (Å²) < 4.78 is 12.9. The number of amides is 1. The molecule has 0 aliphatic carbocycles. The molecule has 0 saturated carbocycles. The van der Waals surface area contributed by atoms with Gasteiger partial charge in [-0.05, 0) is 41.1 Å². The van der Waals surface area contributed by atoms with Gasteiger partial charge >= 0.3 is 0 Å². The maximum atomic E-state index is 12.9. The highest BCUT2D eigenvalue weighted by Gasteiger charge is 2.11. The minimum absolute atomic E-state index is 0.0834. The van der Waals surface area contributed by atoms with Crippen LogP contribution < -0.4 is 10.2 Å². The second-order valence-electron chi connectivity index (χ2n) is 6.05. The molecule has 24 heavy (non-hydrogen) atoms. The highest BCUT2D eigenvalue weighted by Crippen LogP contribution is 2.15. The van der Waals surface area contributed by atoms with Crippen molar-refractivity contribution < 1.29 is 14.1 Å². The Balaban J connectivity index is 1.58. The number of halogens is 1. The van der Waals surface area contributed by atoms with Gasteiger partial charge in [0.25, 0.3) is 5.91 Å². The van der Waals surface area contributed by atoms with Crippen LogP contribution in [0.1, 0.15) is 5.56 Å². The molecule has 0 saturated heterocycles. The average Bonchev–Trinajstić information content (AvgIpc) is 2.56. The second-order valence-corrected chi connectivity index (χ2v) is 6.05. The lowest BCUT2D eigenvalue weighted by molar-refractivity contribution is -0.885. The van der Waals surface area contributed by atoms with E-state index >= 15 is 0 Å². The van der Waals surface area contributed by atoms with Crippen molar-refractivity contribution in [2.45, 2.75) is 6.54 Å². The van der Waals surface area contributed by atoms with E-state index in [4.69, 9.17) is 0 Å². The number of carbonyl (C=O) groups excluding carboxylic acids is 1. The average molecular weight is 323 g/mol. The van der Waals surface area contributed by atoms with Crippen molar-refractivity contribution in [3.63, 3.8) is 0 Å². The Morgan fingerprint density at radius 2 is 1.71 bits per heavy atom. The van der Waals surface area contributed by atoms with Gasteiger partial charge in [-0.1, -0.05) is 36.4 Å². The smallest absolute Gasteiger partial charge is 0.279 e. The van der Waals surface area contributed by atoms with Crippen LogP contribution in [0.5, 0.6) is 0 Å². The van der Waals surface area contributed by atoms with E-state index in [2.05, 4.69) is 35.6 Å². The molecule has 0 bridgehead atoms. The summed E-state index contributed by atoms with van der Waals surface area (Å²) >= 11 is 0. The lowest BCUT2D eigenvalue weighted by atomic mass is 10.1. The Kier molecular flexibility index (Phi) is 4.87. The number of anilines is 1. The Bertz CT molecular complexity index is 846. The molecular weight excluding hydrogens is 303 g/mol. The van der Waals surface area contributed by atoms with Crippen LogP contribution in [-0.4, -0.2) is 19.5 Å². The largest absolute Gasteiger partial charge is 0.326 e. The molecule has 1 amide bonds. The van der Waals surface area contributed by atoms with Crippen molar-refractivity contribution in [1.82, 2.24) is 0 Å². The van der Waals surface area contributed by atoms with Crippen LogP contribution in [0.3, 0.4) is 0 Å². The third-order valence-corrected chi connectivity index (χ3v) is 3.91. The van der Waals surface area contributed by atoms with Crippen molar-refractivity contribution in [1.29, 1.82) is 0 Å². The van der Waals surface area contributed by atoms with Gasteiger partial charge in [0.15, 0.2) is 6.54 Å². The molecule has 0 aromatic heterocycles. The van der Waals surface area contributed by atoms with Crippen molar-refractivity contribution in [2.75, 3.05) is 18.9 Å². The highest BCUT2D eigenvalue weighted by atomic mass is 19.1. The van der Waals surface area contributed by atoms with Gasteiger partial charge in [-0.25, -0.2) is 4.39 Å². The van der Waals surface area contributed by atoms with E-state index in [1.807, 2.05) is 19.2 Å². The summed E-state index contributed by atoms with van der Waals surface area (Å²) in [4.78, 5) is 13.2. The number of carbonyl (C=O) groups is 1. The number of likely N-dealkylation sites (N-methyl/N-ethyl adjacent to an activating group) is 1. The SMILES string of the molecule is C[NH+](CC(=O)Nc1ccc(F)cc1)Cc1ccc2ccccc2c1. The number of hydrogen-bond donors (Lipinski definition) is 2. The third kappa shape index (κ3) is 4.18. The molecular formula is C20H20FN2O+. The molecule has 2 N–H and O–H groups in total. The normalized spacial score (nSPS) is 12.1. The topological polar surface area (TPSA) is 33.5 Å². The van der Waals surface area contributed by atoms with E-state index in [0.717, 1.165) is 11.4 Å². The lowest BCUT2D eigenvalue weighted by Gasteiger charge is -2.14. The van der Waals surface area contributed by atoms with Gasteiger partial charge in [0.1, 0.15) is 12.4 Å². The standard InChI is InChI=1S/C20H19FN2O/c1-23(14-20(24)22-19-10-8-18(21)9-11-19)13-15-6-7-16-4-2-3-5-17(16)12-15/h2-12H,13-14H2,1H3,(H,22,24)/p+1. The third-order valence-electron chi connectivity index (χ3n) is 3.91. The molecule has 0 fully saturated rings. The number of rotatable bonds is 5. The summed E-state index contributed by atoms with van der Waals surface area (Å²) in [5.74, 6) is -0.396. The number of hydrogen-bond acceptors (Lipinski definition) is 1. The molecule has 3 nitrogen and oxygen atoms in total. The van der Waals surface area contributed by atoms with E-state index in [9.17, 15) is 9.18 Å². The van der Waals surface area contributed by atoms with Gasteiger partial charge < -0.3 is 10.2 Å². The van der Waals surface area contributed by atoms with Crippen LogP contribution in [0, 0.1) is 5.82 Å². The molecule has 1 atom stereocenters. The minimum atomic E-state index is -0.313. The lowest BCUT2D eigenvalue weighted by Crippen LogP contribution is -3.08. The monoisotopic (exact) mass is 323 g/mol. The first-order valence-corrected chi connectivity index (χ1v) is 7.94. The molecule has 0 aliphatic heterocycles. The first kappa shape index (κ1) is 16.1. The van der Waals surface area contributed by atoms with Crippen LogP contribution in [0.4, 0.5) is 10.1 Å². The molecule has 3 rings (SSSR count). The molecule has 3 aromatic rings. The van der Waals surface area contributed by atoms with Crippen LogP contribution >= 0.6 is 0 Å². The summed E-state index contributed by atoms with van der Waals surface area (Å²) in [6, 6.07) is 20.4. The van der Waals surface area contributed by atoms with Gasteiger partial charge in [0, 0.05) is 11.3 Å². The van der Waals surface area contributed by atoms with Crippen molar-refractivity contribution in [3.05, 3.63) is 78.1 Å². The molecule has 0 aliphatic rings. The summed E-state index contributed by atoms with van der Waals surface area (Å²) in [6.45, 7) is 1.12.